The number of benzene rings is 2. The zero-order valence-electron chi connectivity index (χ0n) is 17.9. The number of carbonyl (C=O) groups is 2. The Labute approximate surface area is 192 Å². The maximum atomic E-state index is 12.8. The maximum absolute atomic E-state index is 12.8. The molecule has 2 heterocycles. The number of para-hydroxylation sites is 1. The van der Waals surface area contributed by atoms with E-state index in [4.69, 9.17) is 0 Å². The van der Waals surface area contributed by atoms with Crippen LogP contribution < -0.4 is 10.6 Å². The lowest BCUT2D eigenvalue weighted by Crippen LogP contribution is -2.51. The quantitative estimate of drug-likeness (QED) is 0.556. The first-order valence-electron chi connectivity index (χ1n) is 10.8. The standard InChI is InChI=1S/C25H28N4O2S/c30-23(26-21-10-5-2-6-11-21)18-28-13-15-29(16-14-28)19-24(31)27-25(22-12-7-17-32-22)20-8-3-1-4-9-20/h1-12,17,25H,13-16,18-19H2,(H,26,30)(H,27,31). The zero-order valence-corrected chi connectivity index (χ0v) is 18.8. The first-order chi connectivity index (χ1) is 15.7. The average molecular weight is 449 g/mol. The minimum absolute atomic E-state index is 0.0101. The van der Waals surface area contributed by atoms with Gasteiger partial charge >= 0.3 is 0 Å². The minimum Gasteiger partial charge on any atom is -0.343 e. The van der Waals surface area contributed by atoms with Gasteiger partial charge in [0.2, 0.25) is 11.8 Å². The molecular formula is C25H28N4O2S. The lowest BCUT2D eigenvalue weighted by atomic mass is 10.1. The Kier molecular flexibility index (Phi) is 7.66. The first kappa shape index (κ1) is 22.2. The molecule has 7 heteroatoms. The Hall–Kier alpha value is -3.00. The highest BCUT2D eigenvalue weighted by molar-refractivity contribution is 7.10. The monoisotopic (exact) mass is 448 g/mol. The van der Waals surface area contributed by atoms with E-state index in [9.17, 15) is 9.59 Å². The van der Waals surface area contributed by atoms with Gasteiger partial charge in [-0.15, -0.1) is 11.3 Å². The molecule has 1 fully saturated rings. The molecule has 1 saturated heterocycles. The summed E-state index contributed by atoms with van der Waals surface area (Å²) in [7, 11) is 0. The van der Waals surface area contributed by atoms with Crippen LogP contribution in [-0.4, -0.2) is 60.9 Å². The molecule has 1 unspecified atom stereocenters. The lowest BCUT2D eigenvalue weighted by Gasteiger charge is -2.34. The Balaban J connectivity index is 1.24. The molecular weight excluding hydrogens is 420 g/mol. The van der Waals surface area contributed by atoms with Crippen LogP contribution in [0.5, 0.6) is 0 Å². The van der Waals surface area contributed by atoms with Crippen LogP contribution >= 0.6 is 11.3 Å². The first-order valence-corrected chi connectivity index (χ1v) is 11.7. The molecule has 32 heavy (non-hydrogen) atoms. The Morgan fingerprint density at radius 2 is 1.38 bits per heavy atom. The molecule has 1 aliphatic rings. The van der Waals surface area contributed by atoms with Crippen molar-refractivity contribution in [3.8, 4) is 0 Å². The van der Waals surface area contributed by atoms with Crippen molar-refractivity contribution in [2.45, 2.75) is 6.04 Å². The largest absolute Gasteiger partial charge is 0.343 e. The van der Waals surface area contributed by atoms with Gasteiger partial charge in [-0.05, 0) is 29.1 Å². The van der Waals surface area contributed by atoms with Gasteiger partial charge in [-0.2, -0.15) is 0 Å². The number of amides is 2. The number of piperazine rings is 1. The third kappa shape index (κ3) is 6.26. The third-order valence-electron chi connectivity index (χ3n) is 5.52. The van der Waals surface area contributed by atoms with E-state index in [0.29, 0.717) is 13.1 Å². The molecule has 0 radical (unpaired) electrons. The zero-order chi connectivity index (χ0) is 22.2. The predicted octanol–water partition coefficient (Wildman–Crippen LogP) is 3.21. The summed E-state index contributed by atoms with van der Waals surface area (Å²) in [5.41, 5.74) is 1.89. The van der Waals surface area contributed by atoms with Crippen molar-refractivity contribution in [3.05, 3.63) is 88.6 Å². The van der Waals surface area contributed by atoms with Crippen molar-refractivity contribution < 1.29 is 9.59 Å². The average Bonchev–Trinajstić information content (AvgIpc) is 3.35. The highest BCUT2D eigenvalue weighted by Gasteiger charge is 2.23. The lowest BCUT2D eigenvalue weighted by molar-refractivity contribution is -0.124. The summed E-state index contributed by atoms with van der Waals surface area (Å²) in [5.74, 6) is 0.00608. The molecule has 4 rings (SSSR count). The van der Waals surface area contributed by atoms with Crippen LogP contribution in [0.4, 0.5) is 5.69 Å². The Morgan fingerprint density at radius 3 is 1.97 bits per heavy atom. The van der Waals surface area contributed by atoms with Crippen molar-refractivity contribution in [1.82, 2.24) is 15.1 Å². The van der Waals surface area contributed by atoms with Crippen LogP contribution in [-0.2, 0) is 9.59 Å². The van der Waals surface area contributed by atoms with Crippen molar-refractivity contribution in [2.75, 3.05) is 44.6 Å². The number of rotatable bonds is 8. The van der Waals surface area contributed by atoms with E-state index in [0.717, 1.165) is 42.3 Å². The van der Waals surface area contributed by atoms with Crippen LogP contribution in [0, 0.1) is 0 Å². The van der Waals surface area contributed by atoms with E-state index in [1.807, 2.05) is 72.1 Å². The number of anilines is 1. The van der Waals surface area contributed by atoms with Gasteiger partial charge in [0.05, 0.1) is 19.1 Å². The molecule has 0 bridgehead atoms. The number of nitrogens with one attached hydrogen (secondary N) is 2. The molecule has 0 aliphatic carbocycles. The van der Waals surface area contributed by atoms with E-state index in [-0.39, 0.29) is 17.9 Å². The van der Waals surface area contributed by atoms with Crippen molar-refractivity contribution >= 4 is 28.8 Å². The van der Waals surface area contributed by atoms with Crippen LogP contribution in [0.2, 0.25) is 0 Å². The van der Waals surface area contributed by atoms with Crippen LogP contribution in [0.1, 0.15) is 16.5 Å². The molecule has 1 aliphatic heterocycles. The van der Waals surface area contributed by atoms with E-state index in [1.165, 1.54) is 0 Å². The van der Waals surface area contributed by atoms with Gasteiger partial charge in [0.15, 0.2) is 0 Å². The summed E-state index contributed by atoms with van der Waals surface area (Å²) in [4.78, 5) is 30.5. The fourth-order valence-electron chi connectivity index (χ4n) is 3.86. The van der Waals surface area contributed by atoms with Gasteiger partial charge < -0.3 is 10.6 Å². The van der Waals surface area contributed by atoms with Crippen molar-refractivity contribution in [3.63, 3.8) is 0 Å². The summed E-state index contributed by atoms with van der Waals surface area (Å²) < 4.78 is 0. The number of hydrogen-bond acceptors (Lipinski definition) is 5. The molecule has 2 N–H and O–H groups in total. The van der Waals surface area contributed by atoms with Gasteiger partial charge in [-0.1, -0.05) is 54.6 Å². The highest BCUT2D eigenvalue weighted by Crippen LogP contribution is 2.25. The normalized spacial score (nSPS) is 15.8. The number of hydrogen-bond donors (Lipinski definition) is 2. The van der Waals surface area contributed by atoms with Crippen LogP contribution in [0.25, 0.3) is 0 Å². The van der Waals surface area contributed by atoms with E-state index < -0.39 is 0 Å². The topological polar surface area (TPSA) is 64.7 Å². The molecule has 6 nitrogen and oxygen atoms in total. The van der Waals surface area contributed by atoms with Crippen LogP contribution in [0.15, 0.2) is 78.2 Å². The molecule has 3 aromatic rings. The fourth-order valence-corrected chi connectivity index (χ4v) is 4.66. The predicted molar refractivity (Wildman–Crippen MR) is 129 cm³/mol. The van der Waals surface area contributed by atoms with Crippen LogP contribution in [0.3, 0.4) is 0 Å². The minimum atomic E-state index is -0.133. The maximum Gasteiger partial charge on any atom is 0.238 e. The van der Waals surface area contributed by atoms with Gasteiger partial charge in [0, 0.05) is 36.7 Å². The van der Waals surface area contributed by atoms with Gasteiger partial charge in [-0.25, -0.2) is 0 Å². The van der Waals surface area contributed by atoms with Gasteiger partial charge in [-0.3, -0.25) is 19.4 Å². The summed E-state index contributed by atoms with van der Waals surface area (Å²) in [6, 6.07) is 23.5. The molecule has 2 amide bonds. The summed E-state index contributed by atoms with van der Waals surface area (Å²) >= 11 is 1.65. The number of nitrogens with zero attached hydrogens (tertiary/aromatic N) is 2. The third-order valence-corrected chi connectivity index (χ3v) is 6.46. The smallest absolute Gasteiger partial charge is 0.238 e. The number of thiophene rings is 1. The van der Waals surface area contributed by atoms with E-state index >= 15 is 0 Å². The van der Waals surface area contributed by atoms with E-state index in [2.05, 4.69) is 26.5 Å². The Bertz CT molecular complexity index is 987. The van der Waals surface area contributed by atoms with E-state index in [1.54, 1.807) is 11.3 Å². The Morgan fingerprint density at radius 1 is 0.781 bits per heavy atom. The second-order valence-corrected chi connectivity index (χ2v) is 8.87. The molecule has 1 atom stereocenters. The summed E-state index contributed by atoms with van der Waals surface area (Å²) in [6.07, 6.45) is 0. The SMILES string of the molecule is O=C(CN1CCN(CC(=O)NC(c2ccccc2)c2cccs2)CC1)Nc1ccccc1. The van der Waals surface area contributed by atoms with Gasteiger partial charge in [0.1, 0.15) is 0 Å². The fraction of sp³-hybridized carbons (Fsp3) is 0.280. The van der Waals surface area contributed by atoms with Crippen molar-refractivity contribution in [2.24, 2.45) is 0 Å². The molecule has 1 aromatic heterocycles. The van der Waals surface area contributed by atoms with Gasteiger partial charge in [0.25, 0.3) is 0 Å². The second-order valence-electron chi connectivity index (χ2n) is 7.89. The molecule has 166 valence electrons. The molecule has 0 saturated carbocycles. The summed E-state index contributed by atoms with van der Waals surface area (Å²) in [6.45, 7) is 3.79. The molecule has 0 spiro atoms. The second kappa shape index (κ2) is 11.0. The highest BCUT2D eigenvalue weighted by atomic mass is 32.1. The summed E-state index contributed by atoms with van der Waals surface area (Å²) in [5, 5.41) is 8.16. The van der Waals surface area contributed by atoms with Crippen molar-refractivity contribution in [1.29, 1.82) is 0 Å². The molecule has 2 aromatic carbocycles. The number of carbonyl (C=O) groups excluding carboxylic acids is 2.